The second kappa shape index (κ2) is 8.72. The molecule has 0 radical (unpaired) electrons. The molecule has 0 amide bonds. The van der Waals surface area contributed by atoms with Crippen molar-refractivity contribution < 1.29 is 14.0 Å². The van der Waals surface area contributed by atoms with Crippen molar-refractivity contribution in [1.29, 1.82) is 0 Å². The lowest BCUT2D eigenvalue weighted by atomic mass is 9.93. The monoisotopic (exact) mass is 429 g/mol. The molecule has 162 valence electrons. The highest BCUT2D eigenvalue weighted by Crippen LogP contribution is 2.69. The first-order valence-electron chi connectivity index (χ1n) is 10.6. The summed E-state index contributed by atoms with van der Waals surface area (Å²) in [6.45, 7) is 1.77. The minimum Gasteiger partial charge on any atom is -0.497 e. The molecule has 0 spiro atoms. The van der Waals surface area contributed by atoms with Crippen molar-refractivity contribution in [3.05, 3.63) is 59.7 Å². The molecule has 6 nitrogen and oxygen atoms in total. The summed E-state index contributed by atoms with van der Waals surface area (Å²) in [4.78, 5) is 0. The van der Waals surface area contributed by atoms with E-state index in [9.17, 15) is 4.57 Å². The third-order valence-corrected chi connectivity index (χ3v) is 9.82. The summed E-state index contributed by atoms with van der Waals surface area (Å²) in [7, 11) is 4.52. The van der Waals surface area contributed by atoms with Crippen LogP contribution >= 0.6 is 7.59 Å². The number of rotatable bonds is 5. The maximum absolute atomic E-state index is 14.6. The normalized spacial score (nSPS) is 25.3. The molecule has 0 N–H and O–H groups in total. The van der Waals surface area contributed by atoms with E-state index >= 15 is 0 Å². The molecule has 2 saturated heterocycles. The zero-order valence-electron chi connectivity index (χ0n) is 18.3. The largest absolute Gasteiger partial charge is 0.497 e. The summed E-state index contributed by atoms with van der Waals surface area (Å²) >= 11 is 0. The van der Waals surface area contributed by atoms with Gasteiger partial charge in [-0.25, -0.2) is 14.0 Å². The third kappa shape index (κ3) is 3.56. The average Bonchev–Trinajstić information content (AvgIpc) is 3.01. The quantitative estimate of drug-likeness (QED) is 0.626. The SMILES string of the molecule is COc1ccc([C@@H]2[C@@H](c3ccc(OC)cc3)N(C)P(=O)(N3CCCCC3)N2C)cc1. The summed E-state index contributed by atoms with van der Waals surface area (Å²) in [5.74, 6) is 1.65. The third-order valence-electron chi connectivity index (χ3n) is 6.54. The summed E-state index contributed by atoms with van der Waals surface area (Å²) in [6.07, 6.45) is 3.42. The number of hydrogen-bond donors (Lipinski definition) is 0. The molecule has 0 unspecified atom stereocenters. The van der Waals surface area contributed by atoms with Crippen molar-refractivity contribution in [2.24, 2.45) is 0 Å². The van der Waals surface area contributed by atoms with Gasteiger partial charge in [0.25, 0.3) is 7.59 Å². The lowest BCUT2D eigenvalue weighted by molar-refractivity contribution is 0.298. The summed E-state index contributed by atoms with van der Waals surface area (Å²) in [5, 5.41) is 0. The van der Waals surface area contributed by atoms with Crippen molar-refractivity contribution in [3.63, 3.8) is 0 Å². The van der Waals surface area contributed by atoms with Gasteiger partial charge in [-0.2, -0.15) is 0 Å². The Morgan fingerprint density at radius 2 is 1.13 bits per heavy atom. The number of hydrogen-bond acceptors (Lipinski definition) is 3. The fourth-order valence-corrected chi connectivity index (χ4v) is 8.10. The van der Waals surface area contributed by atoms with Crippen LogP contribution in [0, 0.1) is 0 Å². The Balaban J connectivity index is 1.78. The van der Waals surface area contributed by atoms with Crippen LogP contribution in [0.3, 0.4) is 0 Å². The molecule has 2 heterocycles. The predicted octanol–water partition coefficient (Wildman–Crippen LogP) is 4.96. The van der Waals surface area contributed by atoms with Crippen molar-refractivity contribution in [2.45, 2.75) is 31.3 Å². The van der Waals surface area contributed by atoms with E-state index < -0.39 is 7.59 Å². The fourth-order valence-electron chi connectivity index (χ4n) is 4.89. The number of likely N-dealkylation sites (N-methyl/N-ethyl adjacent to an activating group) is 2. The molecule has 2 atom stereocenters. The van der Waals surface area contributed by atoms with Crippen LogP contribution in [0.15, 0.2) is 48.5 Å². The highest BCUT2D eigenvalue weighted by Gasteiger charge is 2.55. The van der Waals surface area contributed by atoms with Crippen LogP contribution in [0.5, 0.6) is 11.5 Å². The van der Waals surface area contributed by atoms with E-state index in [1.54, 1.807) is 14.2 Å². The topological polar surface area (TPSA) is 45.3 Å². The second-order valence-corrected chi connectivity index (χ2v) is 11.0. The van der Waals surface area contributed by atoms with Gasteiger partial charge in [-0.1, -0.05) is 30.7 Å². The minimum absolute atomic E-state index is 0.0259. The smallest absolute Gasteiger partial charge is 0.287 e. The maximum atomic E-state index is 14.6. The Hall–Kier alpha value is -1.85. The van der Waals surface area contributed by atoms with Gasteiger partial charge in [0.05, 0.1) is 26.3 Å². The lowest BCUT2D eigenvalue weighted by Crippen LogP contribution is -2.35. The van der Waals surface area contributed by atoms with Gasteiger partial charge in [-0.15, -0.1) is 0 Å². The number of piperidine rings is 1. The highest BCUT2D eigenvalue weighted by atomic mass is 31.2. The molecule has 0 bridgehead atoms. The van der Waals surface area contributed by atoms with Crippen LogP contribution in [0.1, 0.15) is 42.5 Å². The fraction of sp³-hybridized carbons (Fsp3) is 0.478. The van der Waals surface area contributed by atoms with Crippen LogP contribution in [0.25, 0.3) is 0 Å². The van der Waals surface area contributed by atoms with Gasteiger partial charge < -0.3 is 9.47 Å². The first kappa shape index (κ1) is 21.4. The molecule has 30 heavy (non-hydrogen) atoms. The zero-order valence-corrected chi connectivity index (χ0v) is 19.2. The zero-order chi connectivity index (χ0) is 21.3. The number of benzene rings is 2. The Morgan fingerprint density at radius 1 is 0.733 bits per heavy atom. The van der Waals surface area contributed by atoms with Gasteiger partial charge in [-0.05, 0) is 62.3 Å². The second-order valence-electron chi connectivity index (χ2n) is 8.11. The van der Waals surface area contributed by atoms with Crippen LogP contribution in [-0.2, 0) is 4.57 Å². The van der Waals surface area contributed by atoms with Gasteiger partial charge in [-0.3, -0.25) is 4.57 Å². The molecule has 0 saturated carbocycles. The van der Waals surface area contributed by atoms with Crippen LogP contribution < -0.4 is 9.47 Å². The number of methoxy groups -OCH3 is 2. The molecule has 2 fully saturated rings. The number of nitrogens with zero attached hydrogens (tertiary/aromatic N) is 3. The summed E-state index contributed by atoms with van der Waals surface area (Å²) in [6, 6.07) is 16.3. The molecule has 0 aromatic heterocycles. The van der Waals surface area contributed by atoms with E-state index in [0.717, 1.165) is 48.6 Å². The maximum Gasteiger partial charge on any atom is 0.287 e. The molecule has 4 rings (SSSR count). The van der Waals surface area contributed by atoms with E-state index in [2.05, 4.69) is 38.3 Å². The van der Waals surface area contributed by atoms with Gasteiger partial charge in [0.1, 0.15) is 11.5 Å². The van der Waals surface area contributed by atoms with Crippen LogP contribution in [-0.4, -0.2) is 55.4 Å². The van der Waals surface area contributed by atoms with Crippen molar-refractivity contribution in [3.8, 4) is 11.5 Å². The Labute approximate surface area is 179 Å². The lowest BCUT2D eigenvalue weighted by Gasteiger charge is -2.39. The molecule has 7 heteroatoms. The molecule has 0 aliphatic carbocycles. The van der Waals surface area contributed by atoms with Crippen molar-refractivity contribution in [2.75, 3.05) is 41.4 Å². The van der Waals surface area contributed by atoms with Crippen molar-refractivity contribution in [1.82, 2.24) is 14.0 Å². The van der Waals surface area contributed by atoms with E-state index in [-0.39, 0.29) is 12.1 Å². The number of ether oxygens (including phenoxy) is 2. The highest BCUT2D eigenvalue weighted by molar-refractivity contribution is 7.56. The summed E-state index contributed by atoms with van der Waals surface area (Å²) < 4.78 is 31.7. The van der Waals surface area contributed by atoms with E-state index in [4.69, 9.17) is 9.47 Å². The van der Waals surface area contributed by atoms with Crippen molar-refractivity contribution >= 4 is 7.59 Å². The molecular weight excluding hydrogens is 397 g/mol. The van der Waals surface area contributed by atoms with Crippen LogP contribution in [0.2, 0.25) is 0 Å². The summed E-state index contributed by atoms with van der Waals surface area (Å²) in [5.41, 5.74) is 2.28. The van der Waals surface area contributed by atoms with E-state index in [1.807, 2.05) is 38.4 Å². The Kier molecular flexibility index (Phi) is 6.21. The average molecular weight is 430 g/mol. The molecular formula is C23H32N3O3P. The van der Waals surface area contributed by atoms with E-state index in [0.29, 0.717) is 0 Å². The first-order valence-corrected chi connectivity index (χ1v) is 12.2. The van der Waals surface area contributed by atoms with Gasteiger partial charge in [0.2, 0.25) is 0 Å². The first-order chi connectivity index (χ1) is 14.5. The van der Waals surface area contributed by atoms with E-state index in [1.165, 1.54) is 6.42 Å². The standard InChI is InChI=1S/C23H32N3O3P/c1-24-22(18-8-12-20(28-3)13-9-18)23(19-10-14-21(29-4)15-11-19)25(2)30(24,27)26-16-6-5-7-17-26/h8-15,22-23H,5-7,16-17H2,1-4H3/t22-,23-/m1/s1. The molecule has 2 aromatic carbocycles. The predicted molar refractivity (Wildman–Crippen MR) is 120 cm³/mol. The molecule has 2 aromatic rings. The Morgan fingerprint density at radius 3 is 1.50 bits per heavy atom. The van der Waals surface area contributed by atoms with Gasteiger partial charge >= 0.3 is 0 Å². The molecule has 2 aliphatic heterocycles. The van der Waals surface area contributed by atoms with Gasteiger partial charge in [0, 0.05) is 13.1 Å². The van der Waals surface area contributed by atoms with Gasteiger partial charge in [0.15, 0.2) is 0 Å². The van der Waals surface area contributed by atoms with Crippen LogP contribution in [0.4, 0.5) is 0 Å². The Bertz CT molecular complexity index is 833. The minimum atomic E-state index is -2.87. The molecule has 2 aliphatic rings.